The minimum absolute atomic E-state index is 0.367. The largest absolute Gasteiger partial charge is 0.481 e. The first kappa shape index (κ1) is 22.5. The molecule has 2 unspecified atom stereocenters. The topological polar surface area (TPSA) is 106 Å². The highest BCUT2D eigenvalue weighted by Gasteiger charge is 2.23. The Labute approximate surface area is 170 Å². The second-order valence-electron chi connectivity index (χ2n) is 7.15. The van der Waals surface area contributed by atoms with E-state index in [0.717, 1.165) is 36.6 Å². The molecule has 0 saturated carbocycles. The number of unbranched alkanes of at least 4 members (excludes halogenated alkanes) is 2. The van der Waals surface area contributed by atoms with Crippen molar-refractivity contribution in [1.29, 1.82) is 0 Å². The van der Waals surface area contributed by atoms with Crippen LogP contribution in [0.5, 0.6) is 5.75 Å². The number of hydrogen-bond acceptors (Lipinski definition) is 5. The van der Waals surface area contributed by atoms with Gasteiger partial charge in [0.15, 0.2) is 6.10 Å². The first-order valence-corrected chi connectivity index (χ1v) is 10.1. The van der Waals surface area contributed by atoms with Gasteiger partial charge in [-0.1, -0.05) is 33.1 Å². The van der Waals surface area contributed by atoms with E-state index in [1.165, 1.54) is 6.07 Å². The van der Waals surface area contributed by atoms with Crippen LogP contribution in [0.1, 0.15) is 58.4 Å². The van der Waals surface area contributed by atoms with Gasteiger partial charge in [0.1, 0.15) is 17.4 Å². The van der Waals surface area contributed by atoms with Crippen LogP contribution in [-0.2, 0) is 16.0 Å². The fourth-order valence-corrected chi connectivity index (χ4v) is 3.07. The highest BCUT2D eigenvalue weighted by atomic mass is 16.5. The van der Waals surface area contributed by atoms with E-state index in [1.807, 2.05) is 13.0 Å². The number of carbonyl (C=O) groups excluding carboxylic acids is 1. The number of carbonyl (C=O) groups is 2. The van der Waals surface area contributed by atoms with E-state index in [2.05, 4.69) is 12.2 Å². The van der Waals surface area contributed by atoms with Crippen molar-refractivity contribution in [2.45, 2.75) is 71.4 Å². The molecule has 0 radical (unpaired) electrons. The fourth-order valence-electron chi connectivity index (χ4n) is 3.07. The number of amides is 1. The molecule has 2 aromatic rings. The number of carboxylic acids is 1. The van der Waals surface area contributed by atoms with Crippen molar-refractivity contribution < 1.29 is 23.8 Å². The monoisotopic (exact) mass is 403 g/mol. The summed E-state index contributed by atoms with van der Waals surface area (Å²) >= 11 is 0. The number of aliphatic carboxylic acids is 1. The van der Waals surface area contributed by atoms with Crippen molar-refractivity contribution >= 4 is 22.8 Å². The van der Waals surface area contributed by atoms with Crippen molar-refractivity contribution in [1.82, 2.24) is 5.32 Å². The quantitative estimate of drug-likeness (QED) is 0.555. The van der Waals surface area contributed by atoms with Gasteiger partial charge >= 0.3 is 11.6 Å². The predicted octanol–water partition coefficient (Wildman–Crippen LogP) is 3.66. The van der Waals surface area contributed by atoms with Crippen LogP contribution in [0.3, 0.4) is 0 Å². The summed E-state index contributed by atoms with van der Waals surface area (Å²) in [5.74, 6) is -1.20. The van der Waals surface area contributed by atoms with Crippen LogP contribution >= 0.6 is 0 Å². The Bertz CT molecular complexity index is 904. The Balaban J connectivity index is 2.13. The number of ether oxygens (including phenoxy) is 1. The van der Waals surface area contributed by atoms with Gasteiger partial charge in [0.2, 0.25) is 0 Å². The molecule has 158 valence electrons. The van der Waals surface area contributed by atoms with Gasteiger partial charge in [0.25, 0.3) is 5.91 Å². The van der Waals surface area contributed by atoms with Crippen molar-refractivity contribution in [2.75, 3.05) is 0 Å². The van der Waals surface area contributed by atoms with Crippen molar-refractivity contribution in [2.24, 2.45) is 0 Å². The van der Waals surface area contributed by atoms with Gasteiger partial charge in [-0.2, -0.15) is 0 Å². The molecule has 0 aliphatic rings. The number of fused-ring (bicyclic) bond motifs is 1. The Kier molecular flexibility index (Phi) is 8.24. The van der Waals surface area contributed by atoms with Crippen molar-refractivity contribution in [3.05, 3.63) is 40.2 Å². The zero-order chi connectivity index (χ0) is 21.4. The van der Waals surface area contributed by atoms with Crippen molar-refractivity contribution in [3.63, 3.8) is 0 Å². The molecule has 0 aliphatic carbocycles. The third kappa shape index (κ3) is 6.34. The van der Waals surface area contributed by atoms with E-state index < -0.39 is 29.6 Å². The lowest BCUT2D eigenvalue weighted by molar-refractivity contribution is -0.143. The fraction of sp³-hybridized carbons (Fsp3) is 0.500. The second kappa shape index (κ2) is 10.6. The maximum Gasteiger partial charge on any atom is 0.336 e. The van der Waals surface area contributed by atoms with Crippen molar-refractivity contribution in [3.8, 4) is 5.75 Å². The number of aryl methyl sites for hydroxylation is 1. The first-order chi connectivity index (χ1) is 13.8. The average molecular weight is 403 g/mol. The van der Waals surface area contributed by atoms with Crippen LogP contribution in [-0.4, -0.2) is 29.1 Å². The third-order valence-electron chi connectivity index (χ3n) is 4.74. The van der Waals surface area contributed by atoms with Gasteiger partial charge in [-0.15, -0.1) is 0 Å². The minimum atomic E-state index is -1.06. The smallest absolute Gasteiger partial charge is 0.336 e. The lowest BCUT2D eigenvalue weighted by Gasteiger charge is -2.19. The van der Waals surface area contributed by atoms with E-state index in [4.69, 9.17) is 9.15 Å². The molecule has 0 aliphatic heterocycles. The molecule has 0 saturated heterocycles. The highest BCUT2D eigenvalue weighted by Crippen LogP contribution is 2.24. The second-order valence-corrected chi connectivity index (χ2v) is 7.15. The Hall–Kier alpha value is -2.83. The Morgan fingerprint density at radius 3 is 2.55 bits per heavy atom. The molecule has 7 heteroatoms. The molecule has 0 fully saturated rings. The van der Waals surface area contributed by atoms with Gasteiger partial charge < -0.3 is 19.6 Å². The molecule has 2 N–H and O–H groups in total. The summed E-state index contributed by atoms with van der Waals surface area (Å²) in [6.07, 6.45) is 3.79. The summed E-state index contributed by atoms with van der Waals surface area (Å²) in [7, 11) is 0. The number of rotatable bonds is 11. The Morgan fingerprint density at radius 1 is 1.17 bits per heavy atom. The van der Waals surface area contributed by atoms with E-state index >= 15 is 0 Å². The lowest BCUT2D eigenvalue weighted by Crippen LogP contribution is -2.46. The number of hydrogen-bond donors (Lipinski definition) is 2. The summed E-state index contributed by atoms with van der Waals surface area (Å²) in [5.41, 5.74) is 0.905. The van der Waals surface area contributed by atoms with Crippen LogP contribution in [0.25, 0.3) is 11.0 Å². The first-order valence-electron chi connectivity index (χ1n) is 10.1. The maximum atomic E-state index is 12.3. The van der Waals surface area contributed by atoms with Gasteiger partial charge in [-0.05, 0) is 43.9 Å². The lowest BCUT2D eigenvalue weighted by atomic mass is 10.0. The Morgan fingerprint density at radius 2 is 1.90 bits per heavy atom. The van der Waals surface area contributed by atoms with Crippen LogP contribution in [0.2, 0.25) is 0 Å². The van der Waals surface area contributed by atoms with Gasteiger partial charge in [-0.25, -0.2) is 9.59 Å². The number of carboxylic acid groups (broad SMARTS) is 1. The van der Waals surface area contributed by atoms with Crippen LogP contribution < -0.4 is 15.7 Å². The van der Waals surface area contributed by atoms with Crippen LogP contribution in [0, 0.1) is 0 Å². The highest BCUT2D eigenvalue weighted by molar-refractivity contribution is 5.86. The van der Waals surface area contributed by atoms with Gasteiger partial charge in [-0.3, -0.25) is 4.79 Å². The molecule has 1 aromatic carbocycles. The van der Waals surface area contributed by atoms with E-state index in [0.29, 0.717) is 24.2 Å². The molecule has 2 atom stereocenters. The summed E-state index contributed by atoms with van der Waals surface area (Å²) in [6, 6.07) is 5.68. The molecule has 1 amide bonds. The molecule has 0 bridgehead atoms. The van der Waals surface area contributed by atoms with E-state index in [-0.39, 0.29) is 0 Å². The summed E-state index contributed by atoms with van der Waals surface area (Å²) in [5, 5.41) is 12.6. The predicted molar refractivity (Wildman–Crippen MR) is 110 cm³/mol. The third-order valence-corrected chi connectivity index (χ3v) is 4.74. The van der Waals surface area contributed by atoms with E-state index in [1.54, 1.807) is 19.1 Å². The standard InChI is InChI=1S/C22H29NO6/c1-4-6-8-15-12-20(24)29-19-13-16(10-11-17(15)19)28-14(3)21(25)23-18(22(26)27)9-7-5-2/h10-14,18H,4-9H2,1-3H3,(H,23,25)(H,26,27). The maximum absolute atomic E-state index is 12.3. The molecule has 1 aromatic heterocycles. The average Bonchev–Trinajstić information content (AvgIpc) is 2.68. The van der Waals surface area contributed by atoms with Crippen LogP contribution in [0.15, 0.2) is 33.5 Å². The molecule has 0 spiro atoms. The molecular weight excluding hydrogens is 374 g/mol. The molecule has 29 heavy (non-hydrogen) atoms. The molecule has 7 nitrogen and oxygen atoms in total. The van der Waals surface area contributed by atoms with Crippen LogP contribution in [0.4, 0.5) is 0 Å². The number of benzene rings is 1. The molecule has 2 rings (SSSR count). The zero-order valence-electron chi connectivity index (χ0n) is 17.2. The molecular formula is C22H29NO6. The van der Waals surface area contributed by atoms with Gasteiger partial charge in [0, 0.05) is 17.5 Å². The summed E-state index contributed by atoms with van der Waals surface area (Å²) in [4.78, 5) is 35.5. The molecule has 1 heterocycles. The summed E-state index contributed by atoms with van der Waals surface area (Å²) < 4.78 is 11.0. The van der Waals surface area contributed by atoms with E-state index in [9.17, 15) is 19.5 Å². The summed E-state index contributed by atoms with van der Waals surface area (Å²) in [6.45, 7) is 5.59. The number of nitrogens with one attached hydrogen (secondary N) is 1. The normalized spacial score (nSPS) is 13.1. The zero-order valence-corrected chi connectivity index (χ0v) is 17.2. The minimum Gasteiger partial charge on any atom is -0.481 e. The van der Waals surface area contributed by atoms with Gasteiger partial charge in [0.05, 0.1) is 0 Å². The SMILES string of the molecule is CCCCc1cc(=O)oc2cc(OC(C)C(=O)NC(CCCC)C(=O)O)ccc12.